The van der Waals surface area contributed by atoms with Crippen molar-refractivity contribution in [3.8, 4) is 17.4 Å². The summed E-state index contributed by atoms with van der Waals surface area (Å²) < 4.78 is 12.5. The zero-order valence-electron chi connectivity index (χ0n) is 11.1. The van der Waals surface area contributed by atoms with Gasteiger partial charge in [-0.15, -0.1) is 0 Å². The minimum atomic E-state index is -0.0431. The Morgan fingerprint density at radius 3 is 2.35 bits per heavy atom. The molecule has 2 aromatic rings. The van der Waals surface area contributed by atoms with Crippen molar-refractivity contribution in [3.05, 3.63) is 45.0 Å². The Hall–Kier alpha value is -1.11. The SMILES string of the molecule is COc1cc(Br)c(Oc2ccc([C@@H](C)N)cn2)cc1Br. The lowest BCUT2D eigenvalue weighted by atomic mass is 10.2. The summed E-state index contributed by atoms with van der Waals surface area (Å²) in [4.78, 5) is 4.24. The highest BCUT2D eigenvalue weighted by molar-refractivity contribution is 9.11. The second-order valence-electron chi connectivity index (χ2n) is 4.24. The number of pyridine rings is 1. The lowest BCUT2D eigenvalue weighted by molar-refractivity contribution is 0.408. The van der Waals surface area contributed by atoms with Crippen molar-refractivity contribution in [2.75, 3.05) is 7.11 Å². The van der Waals surface area contributed by atoms with E-state index >= 15 is 0 Å². The Balaban J connectivity index is 2.23. The molecule has 0 aliphatic rings. The van der Waals surface area contributed by atoms with E-state index in [1.807, 2.05) is 25.1 Å². The van der Waals surface area contributed by atoms with Gasteiger partial charge in [0.25, 0.3) is 0 Å². The van der Waals surface area contributed by atoms with Gasteiger partial charge in [-0.3, -0.25) is 0 Å². The lowest BCUT2D eigenvalue weighted by Crippen LogP contribution is -2.05. The van der Waals surface area contributed by atoms with Crippen LogP contribution in [0, 0.1) is 0 Å². The molecular formula is C14H14Br2N2O2. The average Bonchev–Trinajstić information content (AvgIpc) is 2.43. The molecule has 0 amide bonds. The van der Waals surface area contributed by atoms with Crippen molar-refractivity contribution in [2.24, 2.45) is 5.73 Å². The molecule has 1 aromatic carbocycles. The molecule has 6 heteroatoms. The zero-order valence-corrected chi connectivity index (χ0v) is 14.2. The second kappa shape index (κ2) is 6.56. The number of halogens is 2. The van der Waals surface area contributed by atoms with Crippen LogP contribution in [-0.2, 0) is 0 Å². The number of rotatable bonds is 4. The number of hydrogen-bond donors (Lipinski definition) is 1. The summed E-state index contributed by atoms with van der Waals surface area (Å²) in [5.74, 6) is 1.88. The summed E-state index contributed by atoms with van der Waals surface area (Å²) in [6, 6.07) is 7.31. The van der Waals surface area contributed by atoms with Gasteiger partial charge in [-0.1, -0.05) is 6.07 Å². The normalized spacial score (nSPS) is 12.1. The lowest BCUT2D eigenvalue weighted by Gasteiger charge is -2.11. The third kappa shape index (κ3) is 3.50. The summed E-state index contributed by atoms with van der Waals surface area (Å²) >= 11 is 6.87. The molecule has 1 aromatic heterocycles. The molecule has 0 spiro atoms. The molecule has 0 aliphatic heterocycles. The monoisotopic (exact) mass is 400 g/mol. The molecule has 2 rings (SSSR count). The molecule has 0 aliphatic carbocycles. The van der Waals surface area contributed by atoms with Crippen molar-refractivity contribution in [3.63, 3.8) is 0 Å². The van der Waals surface area contributed by atoms with E-state index in [9.17, 15) is 0 Å². The molecule has 20 heavy (non-hydrogen) atoms. The molecular weight excluding hydrogens is 388 g/mol. The van der Waals surface area contributed by atoms with Gasteiger partial charge >= 0.3 is 0 Å². The summed E-state index contributed by atoms with van der Waals surface area (Å²) in [6.07, 6.45) is 1.71. The smallest absolute Gasteiger partial charge is 0.219 e. The summed E-state index contributed by atoms with van der Waals surface area (Å²) in [5.41, 5.74) is 6.75. The van der Waals surface area contributed by atoms with E-state index in [1.165, 1.54) is 0 Å². The number of aromatic nitrogens is 1. The fourth-order valence-electron chi connectivity index (χ4n) is 1.58. The predicted octanol–water partition coefficient (Wildman–Crippen LogP) is 4.43. The number of ether oxygens (including phenoxy) is 2. The number of nitrogens with two attached hydrogens (primary N) is 1. The predicted molar refractivity (Wildman–Crippen MR) is 85.3 cm³/mol. The maximum Gasteiger partial charge on any atom is 0.219 e. The van der Waals surface area contributed by atoms with Crippen LogP contribution in [-0.4, -0.2) is 12.1 Å². The maximum absolute atomic E-state index is 5.78. The van der Waals surface area contributed by atoms with Gasteiger partial charge in [0.05, 0.1) is 16.1 Å². The topological polar surface area (TPSA) is 57.4 Å². The van der Waals surface area contributed by atoms with Gasteiger partial charge in [0.2, 0.25) is 5.88 Å². The zero-order chi connectivity index (χ0) is 14.7. The van der Waals surface area contributed by atoms with Crippen LogP contribution in [0.4, 0.5) is 0 Å². The average molecular weight is 402 g/mol. The highest BCUT2D eigenvalue weighted by atomic mass is 79.9. The van der Waals surface area contributed by atoms with E-state index in [1.54, 1.807) is 19.4 Å². The Morgan fingerprint density at radius 2 is 1.80 bits per heavy atom. The first-order valence-electron chi connectivity index (χ1n) is 5.93. The van der Waals surface area contributed by atoms with E-state index in [2.05, 4.69) is 36.8 Å². The molecule has 4 nitrogen and oxygen atoms in total. The van der Waals surface area contributed by atoms with Gasteiger partial charge in [-0.2, -0.15) is 0 Å². The highest BCUT2D eigenvalue weighted by Gasteiger charge is 2.10. The first-order valence-corrected chi connectivity index (χ1v) is 7.52. The summed E-state index contributed by atoms with van der Waals surface area (Å²) in [5, 5.41) is 0. The Labute approximate surface area is 134 Å². The number of benzene rings is 1. The number of hydrogen-bond acceptors (Lipinski definition) is 4. The van der Waals surface area contributed by atoms with Crippen molar-refractivity contribution in [2.45, 2.75) is 13.0 Å². The van der Waals surface area contributed by atoms with Crippen LogP contribution < -0.4 is 15.2 Å². The molecule has 1 heterocycles. The van der Waals surface area contributed by atoms with Crippen LogP contribution in [0.15, 0.2) is 39.4 Å². The molecule has 0 saturated carbocycles. The van der Waals surface area contributed by atoms with E-state index in [0.29, 0.717) is 11.6 Å². The molecule has 106 valence electrons. The third-order valence-corrected chi connectivity index (χ3v) is 3.95. The third-order valence-electron chi connectivity index (χ3n) is 2.71. The van der Waals surface area contributed by atoms with Crippen LogP contribution in [0.25, 0.3) is 0 Å². The maximum atomic E-state index is 5.78. The molecule has 0 fully saturated rings. The van der Waals surface area contributed by atoms with E-state index in [4.69, 9.17) is 15.2 Å². The first kappa shape index (κ1) is 15.3. The highest BCUT2D eigenvalue weighted by Crippen LogP contribution is 2.37. The van der Waals surface area contributed by atoms with Gasteiger partial charge in [-0.05, 0) is 56.5 Å². The van der Waals surface area contributed by atoms with Crippen molar-refractivity contribution < 1.29 is 9.47 Å². The van der Waals surface area contributed by atoms with Gasteiger partial charge in [0.1, 0.15) is 11.5 Å². The van der Waals surface area contributed by atoms with Crippen LogP contribution in [0.3, 0.4) is 0 Å². The van der Waals surface area contributed by atoms with Gasteiger partial charge in [0, 0.05) is 18.3 Å². The van der Waals surface area contributed by atoms with Crippen LogP contribution in [0.2, 0.25) is 0 Å². The first-order chi connectivity index (χ1) is 9.51. The minimum Gasteiger partial charge on any atom is -0.496 e. The Morgan fingerprint density at radius 1 is 1.15 bits per heavy atom. The van der Waals surface area contributed by atoms with E-state index in [-0.39, 0.29) is 6.04 Å². The van der Waals surface area contributed by atoms with Crippen LogP contribution >= 0.6 is 31.9 Å². The number of nitrogens with zero attached hydrogens (tertiary/aromatic N) is 1. The Kier molecular flexibility index (Phi) is 5.01. The number of methoxy groups -OCH3 is 1. The summed E-state index contributed by atoms with van der Waals surface area (Å²) in [7, 11) is 1.61. The molecule has 0 saturated heterocycles. The standard InChI is InChI=1S/C14H14Br2N2O2/c1-8(17)9-3-4-14(18-7-9)20-13-6-10(15)12(19-2)5-11(13)16/h3-8H,17H2,1-2H3/t8-/m1/s1. The van der Waals surface area contributed by atoms with Gasteiger partial charge < -0.3 is 15.2 Å². The fourth-order valence-corrected chi connectivity index (χ4v) is 2.47. The van der Waals surface area contributed by atoms with Gasteiger partial charge in [0.15, 0.2) is 0 Å². The molecule has 0 bridgehead atoms. The van der Waals surface area contributed by atoms with Crippen LogP contribution in [0.5, 0.6) is 17.4 Å². The van der Waals surface area contributed by atoms with E-state index in [0.717, 1.165) is 20.3 Å². The fraction of sp³-hybridized carbons (Fsp3) is 0.214. The quantitative estimate of drug-likeness (QED) is 0.823. The van der Waals surface area contributed by atoms with Crippen molar-refractivity contribution in [1.29, 1.82) is 0 Å². The summed E-state index contributed by atoms with van der Waals surface area (Å²) in [6.45, 7) is 1.91. The van der Waals surface area contributed by atoms with Crippen molar-refractivity contribution >= 4 is 31.9 Å². The van der Waals surface area contributed by atoms with Crippen molar-refractivity contribution in [1.82, 2.24) is 4.98 Å². The molecule has 0 unspecified atom stereocenters. The second-order valence-corrected chi connectivity index (χ2v) is 5.95. The Bertz CT molecular complexity index is 601. The van der Waals surface area contributed by atoms with E-state index < -0.39 is 0 Å². The van der Waals surface area contributed by atoms with Crippen LogP contribution in [0.1, 0.15) is 18.5 Å². The molecule has 2 N–H and O–H groups in total. The van der Waals surface area contributed by atoms with Gasteiger partial charge in [-0.25, -0.2) is 4.98 Å². The molecule has 0 radical (unpaired) electrons. The minimum absolute atomic E-state index is 0.0431. The largest absolute Gasteiger partial charge is 0.496 e. The molecule has 1 atom stereocenters.